The van der Waals surface area contributed by atoms with Gasteiger partial charge in [0.25, 0.3) is 0 Å². The predicted octanol–water partition coefficient (Wildman–Crippen LogP) is 4.55. The molecule has 6 heteroatoms. The number of hydrogen-bond donors (Lipinski definition) is 0. The highest BCUT2D eigenvalue weighted by atomic mass is 15.3. The summed E-state index contributed by atoms with van der Waals surface area (Å²) in [5.74, 6) is 2.15. The second kappa shape index (κ2) is 8.02. The first kappa shape index (κ1) is 19.5. The molecular formula is C25H28N6. The first-order valence-electron chi connectivity index (χ1n) is 11.0. The summed E-state index contributed by atoms with van der Waals surface area (Å²) in [7, 11) is 0. The van der Waals surface area contributed by atoms with E-state index in [0.29, 0.717) is 5.92 Å². The van der Waals surface area contributed by atoms with Gasteiger partial charge in [0.15, 0.2) is 5.82 Å². The molecule has 158 valence electrons. The van der Waals surface area contributed by atoms with Crippen LogP contribution in [-0.4, -0.2) is 45.5 Å². The molecule has 1 aromatic carbocycles. The van der Waals surface area contributed by atoms with Gasteiger partial charge in [-0.2, -0.15) is 0 Å². The minimum absolute atomic E-state index is 0.336. The van der Waals surface area contributed by atoms with Gasteiger partial charge in [0.1, 0.15) is 11.5 Å². The Hall–Kier alpha value is -3.41. The molecule has 0 saturated carbocycles. The van der Waals surface area contributed by atoms with Gasteiger partial charge >= 0.3 is 0 Å². The van der Waals surface area contributed by atoms with E-state index in [4.69, 9.17) is 9.97 Å². The van der Waals surface area contributed by atoms with Crippen LogP contribution in [0.1, 0.15) is 31.0 Å². The maximum atomic E-state index is 5.02. The van der Waals surface area contributed by atoms with Crippen molar-refractivity contribution < 1.29 is 0 Å². The number of rotatable bonds is 4. The number of aromatic nitrogens is 4. The lowest BCUT2D eigenvalue weighted by Gasteiger charge is -2.37. The van der Waals surface area contributed by atoms with E-state index in [0.717, 1.165) is 60.3 Å². The third-order valence-electron chi connectivity index (χ3n) is 6.03. The van der Waals surface area contributed by atoms with Crippen LogP contribution in [0, 0.1) is 6.92 Å². The highest BCUT2D eigenvalue weighted by Gasteiger charge is 2.21. The summed E-state index contributed by atoms with van der Waals surface area (Å²) in [4.78, 5) is 19.2. The Labute approximate surface area is 183 Å². The van der Waals surface area contributed by atoms with Crippen LogP contribution in [0.4, 0.5) is 11.5 Å². The fraction of sp³-hybridized carbons (Fsp3) is 0.320. The van der Waals surface area contributed by atoms with Crippen LogP contribution in [0.5, 0.6) is 0 Å². The van der Waals surface area contributed by atoms with Crippen LogP contribution in [0.2, 0.25) is 0 Å². The topological polar surface area (TPSA) is 49.6 Å². The lowest BCUT2D eigenvalue weighted by atomic mass is 10.1. The van der Waals surface area contributed by atoms with Crippen LogP contribution in [0.15, 0.2) is 61.1 Å². The van der Waals surface area contributed by atoms with Crippen molar-refractivity contribution in [3.8, 4) is 11.4 Å². The van der Waals surface area contributed by atoms with Crippen molar-refractivity contribution >= 4 is 17.2 Å². The lowest BCUT2D eigenvalue weighted by molar-refractivity contribution is 0.645. The molecule has 1 saturated heterocycles. The molecule has 4 aromatic rings. The minimum Gasteiger partial charge on any atom is -0.368 e. The maximum Gasteiger partial charge on any atom is 0.163 e. The van der Waals surface area contributed by atoms with Gasteiger partial charge in [0, 0.05) is 67.8 Å². The maximum absolute atomic E-state index is 5.02. The number of anilines is 2. The smallest absolute Gasteiger partial charge is 0.163 e. The summed E-state index contributed by atoms with van der Waals surface area (Å²) >= 11 is 0. The average Bonchev–Trinajstić information content (AvgIpc) is 3.26. The van der Waals surface area contributed by atoms with Crippen LogP contribution in [0.25, 0.3) is 17.0 Å². The number of aryl methyl sites for hydroxylation is 1. The van der Waals surface area contributed by atoms with Crippen molar-refractivity contribution in [3.05, 3.63) is 72.3 Å². The second-order valence-electron chi connectivity index (χ2n) is 8.50. The minimum atomic E-state index is 0.336. The molecular weight excluding hydrogens is 384 g/mol. The van der Waals surface area contributed by atoms with Gasteiger partial charge in [-0.05, 0) is 36.6 Å². The number of imidazole rings is 1. The number of fused-ring (bicyclic) bond motifs is 1. The second-order valence-corrected chi connectivity index (χ2v) is 8.50. The van der Waals surface area contributed by atoms with E-state index in [1.54, 1.807) is 0 Å². The number of nitrogens with zero attached hydrogens (tertiary/aromatic N) is 6. The predicted molar refractivity (Wildman–Crippen MR) is 126 cm³/mol. The molecule has 0 spiro atoms. The molecule has 1 fully saturated rings. The zero-order chi connectivity index (χ0) is 21.4. The van der Waals surface area contributed by atoms with Gasteiger partial charge < -0.3 is 14.2 Å². The number of piperazine rings is 1. The van der Waals surface area contributed by atoms with Gasteiger partial charge in [0.05, 0.1) is 0 Å². The van der Waals surface area contributed by atoms with E-state index in [-0.39, 0.29) is 0 Å². The molecule has 0 aliphatic carbocycles. The van der Waals surface area contributed by atoms with Crippen molar-refractivity contribution in [2.24, 2.45) is 0 Å². The third kappa shape index (κ3) is 3.85. The largest absolute Gasteiger partial charge is 0.368 e. The van der Waals surface area contributed by atoms with E-state index in [1.165, 1.54) is 5.69 Å². The van der Waals surface area contributed by atoms with E-state index in [1.807, 2.05) is 16.8 Å². The standard InChI is InChI=1S/C25H28N6/c1-18(2)22-16-24(30-13-11-29(12-14-30)20-7-5-4-6-8-20)28-25(27-22)21-17-31-10-9-26-23(31)15-19(21)3/h4-10,15-18H,11-14H2,1-3H3. The number of hydrogen-bond acceptors (Lipinski definition) is 5. The molecule has 0 bridgehead atoms. The summed E-state index contributed by atoms with van der Waals surface area (Å²) in [6.45, 7) is 10.4. The van der Waals surface area contributed by atoms with Gasteiger partial charge in [-0.1, -0.05) is 32.0 Å². The van der Waals surface area contributed by atoms with Crippen molar-refractivity contribution in [3.63, 3.8) is 0 Å². The molecule has 5 rings (SSSR count). The number of pyridine rings is 1. The molecule has 0 amide bonds. The fourth-order valence-electron chi connectivity index (χ4n) is 4.16. The highest BCUT2D eigenvalue weighted by molar-refractivity contribution is 5.65. The summed E-state index contributed by atoms with van der Waals surface area (Å²) in [5, 5.41) is 0. The first-order valence-corrected chi connectivity index (χ1v) is 11.0. The molecule has 0 atom stereocenters. The summed E-state index contributed by atoms with van der Waals surface area (Å²) < 4.78 is 2.03. The van der Waals surface area contributed by atoms with E-state index in [9.17, 15) is 0 Å². The van der Waals surface area contributed by atoms with Crippen molar-refractivity contribution in [1.29, 1.82) is 0 Å². The quantitative estimate of drug-likeness (QED) is 0.492. The molecule has 0 N–H and O–H groups in total. The van der Waals surface area contributed by atoms with Crippen LogP contribution >= 0.6 is 0 Å². The summed E-state index contributed by atoms with van der Waals surface area (Å²) in [5.41, 5.74) is 5.50. The van der Waals surface area contributed by atoms with E-state index < -0.39 is 0 Å². The molecule has 0 radical (unpaired) electrons. The SMILES string of the molecule is Cc1cc2nccn2cc1-c1nc(C(C)C)cc(N2CCN(c3ccccc3)CC2)n1. The zero-order valence-corrected chi connectivity index (χ0v) is 18.4. The molecule has 1 aliphatic heterocycles. The molecule has 6 nitrogen and oxygen atoms in total. The fourth-order valence-corrected chi connectivity index (χ4v) is 4.16. The normalized spacial score (nSPS) is 14.6. The number of benzene rings is 1. The van der Waals surface area contributed by atoms with Gasteiger partial charge in [-0.25, -0.2) is 15.0 Å². The highest BCUT2D eigenvalue weighted by Crippen LogP contribution is 2.27. The molecule has 4 heterocycles. The van der Waals surface area contributed by atoms with E-state index in [2.05, 4.69) is 84.2 Å². The van der Waals surface area contributed by atoms with Crippen LogP contribution in [-0.2, 0) is 0 Å². The molecule has 31 heavy (non-hydrogen) atoms. The Balaban J connectivity index is 1.47. The Morgan fingerprint density at radius 1 is 0.903 bits per heavy atom. The van der Waals surface area contributed by atoms with Gasteiger partial charge in [0.2, 0.25) is 0 Å². The first-order chi connectivity index (χ1) is 15.1. The van der Waals surface area contributed by atoms with Crippen molar-refractivity contribution in [2.45, 2.75) is 26.7 Å². The monoisotopic (exact) mass is 412 g/mol. The average molecular weight is 413 g/mol. The summed E-state index contributed by atoms with van der Waals surface area (Å²) in [6, 6.07) is 14.9. The van der Waals surface area contributed by atoms with Crippen molar-refractivity contribution in [2.75, 3.05) is 36.0 Å². The molecule has 3 aromatic heterocycles. The summed E-state index contributed by atoms with van der Waals surface area (Å²) in [6.07, 6.45) is 5.88. The third-order valence-corrected chi connectivity index (χ3v) is 6.03. The Morgan fingerprint density at radius 2 is 1.65 bits per heavy atom. The zero-order valence-electron chi connectivity index (χ0n) is 18.4. The Kier molecular flexibility index (Phi) is 5.06. The Morgan fingerprint density at radius 3 is 2.39 bits per heavy atom. The molecule has 0 unspecified atom stereocenters. The lowest BCUT2D eigenvalue weighted by Crippen LogP contribution is -2.46. The van der Waals surface area contributed by atoms with Gasteiger partial charge in [-0.15, -0.1) is 0 Å². The molecule has 1 aliphatic rings. The van der Waals surface area contributed by atoms with E-state index >= 15 is 0 Å². The van der Waals surface area contributed by atoms with Crippen LogP contribution in [0.3, 0.4) is 0 Å². The van der Waals surface area contributed by atoms with Crippen molar-refractivity contribution in [1.82, 2.24) is 19.4 Å². The van der Waals surface area contributed by atoms with Crippen LogP contribution < -0.4 is 9.80 Å². The Bertz CT molecular complexity index is 1190. The van der Waals surface area contributed by atoms with Gasteiger partial charge in [-0.3, -0.25) is 0 Å². The number of para-hydroxylation sites is 1.